The minimum absolute atomic E-state index is 0.244. The van der Waals surface area contributed by atoms with Gasteiger partial charge in [0.2, 0.25) is 0 Å². The van der Waals surface area contributed by atoms with E-state index in [2.05, 4.69) is 11.7 Å². The smallest absolute Gasteiger partial charge is 0.302 e. The summed E-state index contributed by atoms with van der Waals surface area (Å²) < 4.78 is 8.88. The first-order valence-corrected chi connectivity index (χ1v) is 7.10. The Balaban J connectivity index is -0.000000223. The number of ether oxygens (including phenoxy) is 2. The van der Waals surface area contributed by atoms with Crippen molar-refractivity contribution in [2.75, 3.05) is 20.3 Å². The standard InChI is InChI=1S/C7H14O.C5H10O2.C3H6O2/c1-2-3-4-5-6-7-8;1-2-4-7-5-3-6;1-3(4)5-2/h7H,2-6H2,1H3;3H,2,4-5H2,1H3;1-2H3. The summed E-state index contributed by atoms with van der Waals surface area (Å²) in [5, 5.41) is 0. The molecule has 0 spiro atoms. The second kappa shape index (κ2) is 26.4. The topological polar surface area (TPSA) is 69.7 Å². The maximum atomic E-state index is 9.77. The summed E-state index contributed by atoms with van der Waals surface area (Å²) in [6, 6.07) is 0. The Morgan fingerprint density at radius 1 is 1.00 bits per heavy atom. The molecule has 0 unspecified atom stereocenters. The molecule has 5 nitrogen and oxygen atoms in total. The molecule has 5 heteroatoms. The Kier molecular flexibility index (Phi) is 31.4. The molecule has 20 heavy (non-hydrogen) atoms. The predicted molar refractivity (Wildman–Crippen MR) is 79.7 cm³/mol. The normalized spacial score (nSPS) is 8.40. The van der Waals surface area contributed by atoms with Gasteiger partial charge in [-0.15, -0.1) is 0 Å². The number of carbonyl (C=O) groups excluding carboxylic acids is 3. The molecule has 0 saturated heterocycles. The highest BCUT2D eigenvalue weighted by Gasteiger charge is 1.83. The Morgan fingerprint density at radius 3 is 1.95 bits per heavy atom. The highest BCUT2D eigenvalue weighted by molar-refractivity contribution is 5.65. The summed E-state index contributed by atoms with van der Waals surface area (Å²) in [6.07, 6.45) is 8.30. The lowest BCUT2D eigenvalue weighted by atomic mass is 10.2. The molecule has 0 rings (SSSR count). The molecular formula is C15H30O5. The van der Waals surface area contributed by atoms with E-state index in [1.165, 1.54) is 33.3 Å². The minimum Gasteiger partial charge on any atom is -0.469 e. The Labute approximate surface area is 123 Å². The van der Waals surface area contributed by atoms with Gasteiger partial charge in [-0.3, -0.25) is 4.79 Å². The van der Waals surface area contributed by atoms with Crippen LogP contribution in [-0.2, 0) is 23.9 Å². The van der Waals surface area contributed by atoms with Crippen molar-refractivity contribution < 1.29 is 23.9 Å². The van der Waals surface area contributed by atoms with Gasteiger partial charge in [0, 0.05) is 20.0 Å². The Hall–Kier alpha value is -1.23. The van der Waals surface area contributed by atoms with Crippen molar-refractivity contribution in [2.24, 2.45) is 0 Å². The lowest BCUT2D eigenvalue weighted by Gasteiger charge is -1.90. The molecule has 0 aliphatic carbocycles. The number of hydrogen-bond acceptors (Lipinski definition) is 5. The second-order valence-corrected chi connectivity index (χ2v) is 3.95. The number of esters is 1. The number of aldehydes is 2. The molecule has 120 valence electrons. The van der Waals surface area contributed by atoms with E-state index in [9.17, 15) is 14.4 Å². The molecule has 0 N–H and O–H groups in total. The average Bonchev–Trinajstić information content (AvgIpc) is 2.45. The SMILES string of the molecule is CCCCCCC=O.CCCOCC=O.COC(C)=O. The third-order valence-electron chi connectivity index (χ3n) is 2.00. The van der Waals surface area contributed by atoms with Crippen molar-refractivity contribution in [2.45, 2.75) is 59.3 Å². The van der Waals surface area contributed by atoms with Crippen LogP contribution in [0.5, 0.6) is 0 Å². The van der Waals surface area contributed by atoms with E-state index in [1.807, 2.05) is 6.92 Å². The van der Waals surface area contributed by atoms with E-state index in [4.69, 9.17) is 4.74 Å². The first kappa shape index (κ1) is 23.8. The molecule has 0 aromatic heterocycles. The van der Waals surface area contributed by atoms with Crippen molar-refractivity contribution >= 4 is 18.5 Å². The second-order valence-electron chi connectivity index (χ2n) is 3.95. The number of carbonyl (C=O) groups is 3. The highest BCUT2D eigenvalue weighted by Crippen LogP contribution is 1.99. The van der Waals surface area contributed by atoms with E-state index >= 15 is 0 Å². The van der Waals surface area contributed by atoms with Gasteiger partial charge in [0.15, 0.2) is 0 Å². The van der Waals surface area contributed by atoms with Crippen LogP contribution in [0.25, 0.3) is 0 Å². The zero-order valence-electron chi connectivity index (χ0n) is 13.4. The largest absolute Gasteiger partial charge is 0.469 e. The van der Waals surface area contributed by atoms with Gasteiger partial charge in [-0.25, -0.2) is 0 Å². The molecule has 0 atom stereocenters. The molecule has 0 aliphatic heterocycles. The van der Waals surface area contributed by atoms with Crippen LogP contribution in [0, 0.1) is 0 Å². The van der Waals surface area contributed by atoms with Crippen molar-refractivity contribution in [3.8, 4) is 0 Å². The summed E-state index contributed by atoms with van der Waals surface area (Å²) in [4.78, 5) is 28.9. The lowest BCUT2D eigenvalue weighted by Crippen LogP contribution is -1.94. The van der Waals surface area contributed by atoms with E-state index < -0.39 is 0 Å². The Bertz CT molecular complexity index is 204. The molecule has 0 heterocycles. The maximum absolute atomic E-state index is 9.77. The van der Waals surface area contributed by atoms with Crippen molar-refractivity contribution in [1.82, 2.24) is 0 Å². The van der Waals surface area contributed by atoms with E-state index in [0.29, 0.717) is 6.61 Å². The first-order chi connectivity index (χ1) is 9.60. The molecule has 0 aromatic rings. The third-order valence-corrected chi connectivity index (χ3v) is 2.00. The van der Waals surface area contributed by atoms with Crippen LogP contribution < -0.4 is 0 Å². The quantitative estimate of drug-likeness (QED) is 0.371. The summed E-state index contributed by atoms with van der Waals surface area (Å²) in [5.41, 5.74) is 0. The fraction of sp³-hybridized carbons (Fsp3) is 0.800. The fourth-order valence-electron chi connectivity index (χ4n) is 0.930. The molecule has 0 radical (unpaired) electrons. The summed E-state index contributed by atoms with van der Waals surface area (Å²) in [6.45, 7) is 6.47. The number of unbranched alkanes of at least 4 members (excludes halogenated alkanes) is 4. The van der Waals surface area contributed by atoms with E-state index in [-0.39, 0.29) is 12.6 Å². The van der Waals surface area contributed by atoms with Crippen molar-refractivity contribution in [3.05, 3.63) is 0 Å². The van der Waals surface area contributed by atoms with Crippen LogP contribution >= 0.6 is 0 Å². The number of methoxy groups -OCH3 is 1. The van der Waals surface area contributed by atoms with Crippen LogP contribution in [0.3, 0.4) is 0 Å². The molecule has 0 amide bonds. The summed E-state index contributed by atoms with van der Waals surface area (Å²) in [7, 11) is 1.35. The van der Waals surface area contributed by atoms with Crippen LogP contribution in [-0.4, -0.2) is 38.9 Å². The van der Waals surface area contributed by atoms with Gasteiger partial charge in [0.25, 0.3) is 0 Å². The van der Waals surface area contributed by atoms with E-state index in [0.717, 1.165) is 31.8 Å². The van der Waals surface area contributed by atoms with Gasteiger partial charge < -0.3 is 19.1 Å². The summed E-state index contributed by atoms with van der Waals surface area (Å²) in [5.74, 6) is -0.245. The van der Waals surface area contributed by atoms with Crippen molar-refractivity contribution in [1.29, 1.82) is 0 Å². The van der Waals surface area contributed by atoms with Gasteiger partial charge >= 0.3 is 5.97 Å². The van der Waals surface area contributed by atoms with Gasteiger partial charge in [-0.1, -0.05) is 33.1 Å². The monoisotopic (exact) mass is 290 g/mol. The molecule has 0 aromatic carbocycles. The lowest BCUT2D eigenvalue weighted by molar-refractivity contribution is -0.138. The molecule has 0 saturated carbocycles. The summed E-state index contributed by atoms with van der Waals surface area (Å²) >= 11 is 0. The molecule has 0 aliphatic rings. The Morgan fingerprint density at radius 2 is 1.60 bits per heavy atom. The zero-order chi connectivity index (χ0) is 16.1. The third kappa shape index (κ3) is 43.7. The van der Waals surface area contributed by atoms with Gasteiger partial charge in [0.1, 0.15) is 19.2 Å². The van der Waals surface area contributed by atoms with Crippen LogP contribution in [0.15, 0.2) is 0 Å². The predicted octanol–water partition coefficient (Wildman–Crippen LogP) is 2.95. The molecule has 0 bridgehead atoms. The van der Waals surface area contributed by atoms with Gasteiger partial charge in [0.05, 0.1) is 7.11 Å². The fourth-order valence-corrected chi connectivity index (χ4v) is 0.930. The number of hydrogen-bond donors (Lipinski definition) is 0. The molecule has 0 fully saturated rings. The zero-order valence-corrected chi connectivity index (χ0v) is 13.4. The maximum Gasteiger partial charge on any atom is 0.302 e. The average molecular weight is 290 g/mol. The van der Waals surface area contributed by atoms with Crippen LogP contribution in [0.4, 0.5) is 0 Å². The van der Waals surface area contributed by atoms with E-state index in [1.54, 1.807) is 0 Å². The minimum atomic E-state index is -0.245. The van der Waals surface area contributed by atoms with Gasteiger partial charge in [-0.2, -0.15) is 0 Å². The molecular weight excluding hydrogens is 260 g/mol. The first-order valence-electron chi connectivity index (χ1n) is 7.10. The van der Waals surface area contributed by atoms with Gasteiger partial charge in [-0.05, 0) is 12.8 Å². The van der Waals surface area contributed by atoms with Crippen LogP contribution in [0.1, 0.15) is 59.3 Å². The van der Waals surface area contributed by atoms with Crippen LogP contribution in [0.2, 0.25) is 0 Å². The highest BCUT2D eigenvalue weighted by atomic mass is 16.5. The number of rotatable bonds is 9. The van der Waals surface area contributed by atoms with Crippen molar-refractivity contribution in [3.63, 3.8) is 0 Å².